The number of rotatable bonds is 1. The fourth-order valence-corrected chi connectivity index (χ4v) is 4.69. The summed E-state index contributed by atoms with van der Waals surface area (Å²) in [5.41, 5.74) is 9.81. The van der Waals surface area contributed by atoms with Crippen LogP contribution in [-0.2, 0) is 17.6 Å². The van der Waals surface area contributed by atoms with Crippen LogP contribution in [0.4, 0.5) is 10.5 Å². The van der Waals surface area contributed by atoms with Crippen molar-refractivity contribution in [2.75, 3.05) is 18.0 Å². The summed E-state index contributed by atoms with van der Waals surface area (Å²) in [6, 6.07) is 7.66. The molecule has 1 amide bonds. The summed E-state index contributed by atoms with van der Waals surface area (Å²) in [7, 11) is 0. The number of nitrogens with zero attached hydrogens (tertiary/aromatic N) is 2. The maximum atomic E-state index is 12.6. The third-order valence-electron chi connectivity index (χ3n) is 5.91. The molecule has 1 aliphatic carbocycles. The number of amides is 1. The van der Waals surface area contributed by atoms with Gasteiger partial charge in [0, 0.05) is 24.8 Å². The molecule has 142 valence electrons. The van der Waals surface area contributed by atoms with Crippen molar-refractivity contribution in [3.8, 4) is 0 Å². The number of piperazine rings is 1. The van der Waals surface area contributed by atoms with Crippen molar-refractivity contribution in [2.45, 2.75) is 76.6 Å². The van der Waals surface area contributed by atoms with E-state index in [-0.39, 0.29) is 18.2 Å². The van der Waals surface area contributed by atoms with E-state index >= 15 is 0 Å². The van der Waals surface area contributed by atoms with Crippen molar-refractivity contribution in [3.05, 3.63) is 29.3 Å². The molecule has 1 aromatic rings. The molecule has 1 aromatic carbocycles. The molecule has 3 unspecified atom stereocenters. The van der Waals surface area contributed by atoms with Gasteiger partial charge in [-0.25, -0.2) is 4.79 Å². The van der Waals surface area contributed by atoms with Crippen LogP contribution in [0, 0.1) is 0 Å². The van der Waals surface area contributed by atoms with Crippen LogP contribution < -0.4 is 10.6 Å². The molecular formula is C21H31N3O2. The van der Waals surface area contributed by atoms with Crippen LogP contribution in [0.5, 0.6) is 0 Å². The van der Waals surface area contributed by atoms with Crippen molar-refractivity contribution in [3.63, 3.8) is 0 Å². The van der Waals surface area contributed by atoms with E-state index in [0.717, 1.165) is 45.2 Å². The summed E-state index contributed by atoms with van der Waals surface area (Å²) in [6.07, 6.45) is 5.14. The first kappa shape index (κ1) is 17.7. The van der Waals surface area contributed by atoms with E-state index in [1.54, 1.807) is 0 Å². The van der Waals surface area contributed by atoms with Gasteiger partial charge < -0.3 is 15.4 Å². The van der Waals surface area contributed by atoms with Gasteiger partial charge >= 0.3 is 6.09 Å². The Hall–Kier alpha value is -1.75. The summed E-state index contributed by atoms with van der Waals surface area (Å²) in [4.78, 5) is 17.1. The lowest BCUT2D eigenvalue weighted by molar-refractivity contribution is 0.0123. The number of hydrogen-bond acceptors (Lipinski definition) is 4. The Bertz CT molecular complexity index is 683. The molecule has 2 aliphatic heterocycles. The lowest BCUT2D eigenvalue weighted by Crippen LogP contribution is -2.56. The first-order chi connectivity index (χ1) is 12.3. The molecule has 0 spiro atoms. The lowest BCUT2D eigenvalue weighted by atomic mass is 9.88. The topological polar surface area (TPSA) is 58.8 Å². The summed E-state index contributed by atoms with van der Waals surface area (Å²) in [5.74, 6) is 0. The highest BCUT2D eigenvalue weighted by molar-refractivity contribution is 5.70. The zero-order valence-electron chi connectivity index (χ0n) is 16.2. The Kier molecular flexibility index (Phi) is 4.38. The summed E-state index contributed by atoms with van der Waals surface area (Å²) in [6.45, 7) is 7.59. The van der Waals surface area contributed by atoms with E-state index in [1.807, 2.05) is 25.7 Å². The normalized spacial score (nSPS) is 28.1. The standard InChI is InChI=1S/C21H31N3O2/c1-21(2,3)26-20(25)24-18-8-9-19(24)13-23(12-18)17-7-5-14-10-16(22)6-4-15(14)11-17/h5,7,11,16,18-19H,4,6,8-10,12-13,22H2,1-3H3. The SMILES string of the molecule is CC(C)(C)OC(=O)N1C2CCC1CN(c1ccc3c(c1)CCC(N)C3)C2. The Morgan fingerprint density at radius 1 is 1.12 bits per heavy atom. The van der Waals surface area contributed by atoms with Gasteiger partial charge in [0.15, 0.2) is 0 Å². The summed E-state index contributed by atoms with van der Waals surface area (Å²) in [5, 5.41) is 0. The molecule has 26 heavy (non-hydrogen) atoms. The average Bonchev–Trinajstić information content (AvgIpc) is 2.83. The molecule has 3 aliphatic rings. The van der Waals surface area contributed by atoms with Gasteiger partial charge in [-0.05, 0) is 76.1 Å². The highest BCUT2D eigenvalue weighted by Crippen LogP contribution is 2.35. The zero-order valence-corrected chi connectivity index (χ0v) is 16.2. The number of anilines is 1. The highest BCUT2D eigenvalue weighted by atomic mass is 16.6. The number of aryl methyl sites for hydroxylation is 1. The van der Waals surface area contributed by atoms with Crippen LogP contribution in [0.1, 0.15) is 51.2 Å². The number of benzene rings is 1. The van der Waals surface area contributed by atoms with Crippen molar-refractivity contribution in [1.29, 1.82) is 0 Å². The van der Waals surface area contributed by atoms with Gasteiger partial charge in [0.05, 0.1) is 12.1 Å². The van der Waals surface area contributed by atoms with E-state index in [1.165, 1.54) is 16.8 Å². The molecule has 5 nitrogen and oxygen atoms in total. The number of carbonyl (C=O) groups is 1. The first-order valence-electron chi connectivity index (χ1n) is 9.94. The van der Waals surface area contributed by atoms with E-state index in [4.69, 9.17) is 10.5 Å². The maximum absolute atomic E-state index is 12.6. The summed E-state index contributed by atoms with van der Waals surface area (Å²) >= 11 is 0. The fraction of sp³-hybridized carbons (Fsp3) is 0.667. The van der Waals surface area contributed by atoms with Gasteiger partial charge in [-0.15, -0.1) is 0 Å². The largest absolute Gasteiger partial charge is 0.444 e. The Labute approximate surface area is 156 Å². The molecule has 0 radical (unpaired) electrons. The molecule has 5 heteroatoms. The van der Waals surface area contributed by atoms with Crippen LogP contribution in [0.2, 0.25) is 0 Å². The van der Waals surface area contributed by atoms with E-state index in [9.17, 15) is 4.79 Å². The third-order valence-corrected chi connectivity index (χ3v) is 5.91. The smallest absolute Gasteiger partial charge is 0.410 e. The van der Waals surface area contributed by atoms with E-state index in [2.05, 4.69) is 23.1 Å². The second-order valence-electron chi connectivity index (χ2n) is 9.13. The van der Waals surface area contributed by atoms with Gasteiger partial charge in [-0.1, -0.05) is 6.07 Å². The number of fused-ring (bicyclic) bond motifs is 3. The van der Waals surface area contributed by atoms with Crippen LogP contribution in [-0.4, -0.2) is 47.8 Å². The molecule has 0 saturated carbocycles. The van der Waals surface area contributed by atoms with Crippen molar-refractivity contribution in [2.24, 2.45) is 5.73 Å². The van der Waals surface area contributed by atoms with Gasteiger partial charge in [0.25, 0.3) is 0 Å². The predicted octanol–water partition coefficient (Wildman–Crippen LogP) is 3.09. The minimum absolute atomic E-state index is 0.149. The zero-order chi connectivity index (χ0) is 18.5. The fourth-order valence-electron chi connectivity index (χ4n) is 4.69. The van der Waals surface area contributed by atoms with Crippen LogP contribution >= 0.6 is 0 Å². The average molecular weight is 357 g/mol. The lowest BCUT2D eigenvalue weighted by Gasteiger charge is -2.42. The summed E-state index contributed by atoms with van der Waals surface area (Å²) < 4.78 is 5.64. The molecule has 3 atom stereocenters. The molecule has 2 bridgehead atoms. The molecule has 4 rings (SSSR count). The van der Waals surface area contributed by atoms with E-state index < -0.39 is 5.60 Å². The Balaban J connectivity index is 1.48. The van der Waals surface area contributed by atoms with Crippen LogP contribution in [0.3, 0.4) is 0 Å². The van der Waals surface area contributed by atoms with Gasteiger partial charge in [0.1, 0.15) is 5.60 Å². The van der Waals surface area contributed by atoms with Gasteiger partial charge in [-0.3, -0.25) is 4.90 Å². The Morgan fingerprint density at radius 3 is 2.46 bits per heavy atom. The number of hydrogen-bond donors (Lipinski definition) is 1. The molecule has 0 aromatic heterocycles. The van der Waals surface area contributed by atoms with Crippen LogP contribution in [0.25, 0.3) is 0 Å². The number of nitrogens with two attached hydrogens (primary N) is 1. The van der Waals surface area contributed by atoms with Crippen molar-refractivity contribution >= 4 is 11.8 Å². The minimum Gasteiger partial charge on any atom is -0.444 e. The molecular weight excluding hydrogens is 326 g/mol. The van der Waals surface area contributed by atoms with Crippen molar-refractivity contribution < 1.29 is 9.53 Å². The molecule has 2 fully saturated rings. The first-order valence-corrected chi connectivity index (χ1v) is 9.94. The maximum Gasteiger partial charge on any atom is 0.410 e. The van der Waals surface area contributed by atoms with Gasteiger partial charge in [-0.2, -0.15) is 0 Å². The quantitative estimate of drug-likeness (QED) is 0.839. The molecule has 2 N–H and O–H groups in total. The second-order valence-corrected chi connectivity index (χ2v) is 9.13. The predicted molar refractivity (Wildman–Crippen MR) is 104 cm³/mol. The van der Waals surface area contributed by atoms with Crippen LogP contribution in [0.15, 0.2) is 18.2 Å². The molecule has 2 heterocycles. The van der Waals surface area contributed by atoms with Gasteiger partial charge in [0.2, 0.25) is 0 Å². The minimum atomic E-state index is -0.437. The van der Waals surface area contributed by atoms with E-state index in [0.29, 0.717) is 6.04 Å². The second kappa shape index (κ2) is 6.45. The van der Waals surface area contributed by atoms with Crippen molar-refractivity contribution in [1.82, 2.24) is 4.90 Å². The molecule has 2 saturated heterocycles. The number of ether oxygens (including phenoxy) is 1. The highest BCUT2D eigenvalue weighted by Gasteiger charge is 2.44. The third kappa shape index (κ3) is 3.41. The monoisotopic (exact) mass is 357 g/mol. The number of carbonyl (C=O) groups excluding carboxylic acids is 1. The Morgan fingerprint density at radius 2 is 1.81 bits per heavy atom.